The first-order chi connectivity index (χ1) is 8.95. The van der Waals surface area contributed by atoms with Crippen molar-refractivity contribution in [2.24, 2.45) is 11.3 Å². The second-order valence-electron chi connectivity index (χ2n) is 6.89. The molecular weight excluding hydrogens is 345 g/mol. The highest BCUT2D eigenvalue weighted by atomic mass is 127. The molecule has 2 heteroatoms. The average molecular weight is 373 g/mol. The van der Waals surface area contributed by atoms with Gasteiger partial charge in [0.1, 0.15) is 0 Å². The average Bonchev–Trinajstić information content (AvgIpc) is 2.28. The summed E-state index contributed by atoms with van der Waals surface area (Å²) in [5.41, 5.74) is 2.08. The van der Waals surface area contributed by atoms with Crippen molar-refractivity contribution in [3.05, 3.63) is 23.8 Å². The molecule has 19 heavy (non-hydrogen) atoms. The zero-order valence-corrected chi connectivity index (χ0v) is 15.0. The third-order valence-corrected chi connectivity index (χ3v) is 5.75. The maximum Gasteiger partial charge on any atom is 0.0327 e. The summed E-state index contributed by atoms with van der Waals surface area (Å²) < 4.78 is 0.696. The summed E-state index contributed by atoms with van der Waals surface area (Å²) in [7, 11) is 4.53. The monoisotopic (exact) mass is 373 g/mol. The summed E-state index contributed by atoms with van der Waals surface area (Å²) >= 11 is 2.53. The van der Waals surface area contributed by atoms with Crippen molar-refractivity contribution < 1.29 is 0 Å². The Bertz CT molecular complexity index is 363. The van der Waals surface area contributed by atoms with Crippen LogP contribution in [0.5, 0.6) is 0 Å². The minimum Gasteiger partial charge on any atom is -0.306 e. The molecule has 1 nitrogen and oxygen atoms in total. The second kappa shape index (κ2) is 6.30. The van der Waals surface area contributed by atoms with Crippen LogP contribution in [0.1, 0.15) is 46.0 Å². The first kappa shape index (κ1) is 15.6. The lowest BCUT2D eigenvalue weighted by atomic mass is 9.57. The number of hydrogen-bond acceptors (Lipinski definition) is 1. The van der Waals surface area contributed by atoms with Crippen molar-refractivity contribution in [2.45, 2.75) is 55.9 Å². The Labute approximate surface area is 132 Å². The number of alkyl halides is 1. The van der Waals surface area contributed by atoms with Crippen LogP contribution < -0.4 is 0 Å². The van der Waals surface area contributed by atoms with Gasteiger partial charge in [0.05, 0.1) is 0 Å². The van der Waals surface area contributed by atoms with Crippen LogP contribution in [0, 0.1) is 11.3 Å². The van der Waals surface area contributed by atoms with Crippen molar-refractivity contribution >= 4 is 22.6 Å². The Hall–Kier alpha value is 0.170. The molecule has 0 amide bonds. The molecule has 2 aliphatic carbocycles. The third-order valence-electron chi connectivity index (χ3n) is 4.82. The van der Waals surface area contributed by atoms with E-state index in [1.165, 1.54) is 32.1 Å². The molecule has 0 bridgehead atoms. The lowest BCUT2D eigenvalue weighted by molar-refractivity contribution is 0.0457. The first-order valence-corrected chi connectivity index (χ1v) is 8.89. The van der Waals surface area contributed by atoms with Gasteiger partial charge in [-0.15, -0.1) is 0 Å². The summed E-state index contributed by atoms with van der Waals surface area (Å²) in [4.78, 5) is 2.48. The molecule has 2 rings (SSSR count). The predicted octanol–water partition coefficient (Wildman–Crippen LogP) is 4.82. The molecule has 0 aliphatic heterocycles. The van der Waals surface area contributed by atoms with Gasteiger partial charge in [-0.1, -0.05) is 61.1 Å². The summed E-state index contributed by atoms with van der Waals surface area (Å²) in [6.07, 6.45) is 14.0. The lowest BCUT2D eigenvalue weighted by Crippen LogP contribution is -2.50. The molecule has 2 aliphatic rings. The van der Waals surface area contributed by atoms with Crippen molar-refractivity contribution in [3.63, 3.8) is 0 Å². The molecule has 1 saturated carbocycles. The largest absolute Gasteiger partial charge is 0.306 e. The second-order valence-corrected chi connectivity index (χ2v) is 8.49. The summed E-state index contributed by atoms with van der Waals surface area (Å²) in [5.74, 6) is 0.773. The normalized spacial score (nSPS) is 27.3. The Morgan fingerprint density at radius 1 is 1.37 bits per heavy atom. The molecule has 0 N–H and O–H groups in total. The van der Waals surface area contributed by atoms with Gasteiger partial charge in [0, 0.05) is 15.4 Å². The van der Waals surface area contributed by atoms with Gasteiger partial charge in [0.25, 0.3) is 0 Å². The van der Waals surface area contributed by atoms with E-state index in [4.69, 9.17) is 0 Å². The SMILES string of the molecule is CC(C)CC(N(C)C)C1(C2=CCC(I)C=C2)CCC1. The van der Waals surface area contributed by atoms with E-state index in [1.54, 1.807) is 5.57 Å². The maximum atomic E-state index is 2.53. The van der Waals surface area contributed by atoms with Crippen LogP contribution in [-0.4, -0.2) is 29.0 Å². The number of nitrogens with zero attached hydrogens (tertiary/aromatic N) is 1. The topological polar surface area (TPSA) is 3.24 Å². The Balaban J connectivity index is 2.23. The zero-order valence-electron chi connectivity index (χ0n) is 12.8. The van der Waals surface area contributed by atoms with E-state index in [0.29, 0.717) is 15.4 Å². The summed E-state index contributed by atoms with van der Waals surface area (Å²) in [6.45, 7) is 4.71. The first-order valence-electron chi connectivity index (χ1n) is 7.65. The number of allylic oxidation sites excluding steroid dienone is 3. The third kappa shape index (κ3) is 3.26. The van der Waals surface area contributed by atoms with Crippen LogP contribution in [0.3, 0.4) is 0 Å². The molecule has 108 valence electrons. The fourth-order valence-electron chi connectivity index (χ4n) is 3.71. The standard InChI is InChI=1S/C17H28IN/c1-13(2)12-16(19(3)4)17(10-5-11-17)14-6-8-15(18)9-7-14/h6-8,13,15-16H,5,9-12H2,1-4H3. The zero-order chi connectivity index (χ0) is 14.0. The molecule has 0 spiro atoms. The van der Waals surface area contributed by atoms with Gasteiger partial charge in [-0.25, -0.2) is 0 Å². The Morgan fingerprint density at radius 2 is 2.05 bits per heavy atom. The van der Waals surface area contributed by atoms with E-state index in [0.717, 1.165) is 5.92 Å². The van der Waals surface area contributed by atoms with Gasteiger partial charge >= 0.3 is 0 Å². The fraction of sp³-hybridized carbons (Fsp3) is 0.765. The van der Waals surface area contributed by atoms with Gasteiger partial charge < -0.3 is 4.90 Å². The van der Waals surface area contributed by atoms with Crippen LogP contribution in [0.4, 0.5) is 0 Å². The molecule has 1 fully saturated rings. The van der Waals surface area contributed by atoms with Gasteiger partial charge in [0.15, 0.2) is 0 Å². The maximum absolute atomic E-state index is 2.53. The molecule has 0 heterocycles. The lowest BCUT2D eigenvalue weighted by Gasteiger charge is -2.52. The van der Waals surface area contributed by atoms with Crippen molar-refractivity contribution in [2.75, 3.05) is 14.1 Å². The van der Waals surface area contributed by atoms with Crippen LogP contribution in [0.25, 0.3) is 0 Å². The van der Waals surface area contributed by atoms with Crippen LogP contribution in [0.2, 0.25) is 0 Å². The molecule has 0 aromatic carbocycles. The summed E-state index contributed by atoms with van der Waals surface area (Å²) in [5, 5.41) is 0. The van der Waals surface area contributed by atoms with Crippen LogP contribution >= 0.6 is 22.6 Å². The Kier molecular flexibility index (Phi) is 5.15. The number of hydrogen-bond donors (Lipinski definition) is 0. The van der Waals surface area contributed by atoms with Gasteiger partial charge in [-0.2, -0.15) is 0 Å². The molecular formula is C17H28IN. The quantitative estimate of drug-likeness (QED) is 0.493. The van der Waals surface area contributed by atoms with E-state index in [9.17, 15) is 0 Å². The highest BCUT2D eigenvalue weighted by molar-refractivity contribution is 14.1. The molecule has 0 aromatic heterocycles. The van der Waals surface area contributed by atoms with Crippen molar-refractivity contribution in [1.82, 2.24) is 4.90 Å². The summed E-state index contributed by atoms with van der Waals surface area (Å²) in [6, 6.07) is 0.697. The van der Waals surface area contributed by atoms with Gasteiger partial charge in [-0.05, 0) is 51.3 Å². The number of halogens is 1. The molecule has 0 radical (unpaired) electrons. The van der Waals surface area contributed by atoms with E-state index in [2.05, 4.69) is 73.7 Å². The van der Waals surface area contributed by atoms with Crippen molar-refractivity contribution in [3.8, 4) is 0 Å². The minimum absolute atomic E-state index is 0.445. The van der Waals surface area contributed by atoms with Crippen molar-refractivity contribution in [1.29, 1.82) is 0 Å². The van der Waals surface area contributed by atoms with E-state index < -0.39 is 0 Å². The predicted molar refractivity (Wildman–Crippen MR) is 92.9 cm³/mol. The highest BCUT2D eigenvalue weighted by Crippen LogP contribution is 2.53. The molecule has 0 aromatic rings. The van der Waals surface area contributed by atoms with E-state index in [1.807, 2.05) is 0 Å². The van der Waals surface area contributed by atoms with E-state index in [-0.39, 0.29) is 0 Å². The Morgan fingerprint density at radius 3 is 2.42 bits per heavy atom. The van der Waals surface area contributed by atoms with Crippen LogP contribution in [-0.2, 0) is 0 Å². The smallest absolute Gasteiger partial charge is 0.0327 e. The fourth-order valence-corrected chi connectivity index (χ4v) is 4.17. The van der Waals surface area contributed by atoms with Gasteiger partial charge in [0.2, 0.25) is 0 Å². The molecule has 2 unspecified atom stereocenters. The minimum atomic E-state index is 0.445. The van der Waals surface area contributed by atoms with Crippen LogP contribution in [0.15, 0.2) is 23.8 Å². The number of rotatable bonds is 5. The molecule has 0 saturated heterocycles. The highest BCUT2D eigenvalue weighted by Gasteiger charge is 2.47. The van der Waals surface area contributed by atoms with Gasteiger partial charge in [-0.3, -0.25) is 0 Å². The molecule has 2 atom stereocenters. The van der Waals surface area contributed by atoms with E-state index >= 15 is 0 Å².